The van der Waals surface area contributed by atoms with Crippen LogP contribution in [0.3, 0.4) is 0 Å². The molecule has 0 radical (unpaired) electrons. The van der Waals surface area contributed by atoms with Crippen LogP contribution in [0, 0.1) is 6.92 Å². The number of nitrogens with zero attached hydrogens (tertiary/aromatic N) is 3. The van der Waals surface area contributed by atoms with Gasteiger partial charge in [0.25, 0.3) is 0 Å². The predicted molar refractivity (Wildman–Crippen MR) is 75.7 cm³/mol. The maximum atomic E-state index is 10.4. The first kappa shape index (κ1) is 15.2. The Balaban J connectivity index is 2.66. The first-order chi connectivity index (χ1) is 8.90. The molecule has 1 rings (SSSR count). The Morgan fingerprint density at radius 2 is 2.16 bits per heavy atom. The highest BCUT2D eigenvalue weighted by atomic mass is 16.4. The van der Waals surface area contributed by atoms with Gasteiger partial charge in [0.15, 0.2) is 0 Å². The maximum Gasteiger partial charge on any atom is 0.303 e. The van der Waals surface area contributed by atoms with E-state index in [9.17, 15) is 4.79 Å². The lowest BCUT2D eigenvalue weighted by molar-refractivity contribution is -0.137. The molecule has 0 amide bonds. The Morgan fingerprint density at radius 1 is 1.47 bits per heavy atom. The average Bonchev–Trinajstić information content (AvgIpc) is 2.32. The normalized spacial score (nSPS) is 10.6. The number of aliphatic carboxylic acids is 1. The molecule has 0 aliphatic carbocycles. The third-order valence-corrected chi connectivity index (χ3v) is 2.83. The molecular formula is C13H22N4O2. The lowest BCUT2D eigenvalue weighted by atomic mass is 10.3. The lowest BCUT2D eigenvalue weighted by Gasteiger charge is -2.23. The van der Waals surface area contributed by atoms with Crippen LogP contribution in [0.5, 0.6) is 0 Å². The molecule has 0 unspecified atom stereocenters. The summed E-state index contributed by atoms with van der Waals surface area (Å²) in [6, 6.07) is 2.24. The highest BCUT2D eigenvalue weighted by Crippen LogP contribution is 2.16. The van der Waals surface area contributed by atoms with Crippen molar-refractivity contribution in [1.29, 1.82) is 0 Å². The van der Waals surface area contributed by atoms with Crippen LogP contribution in [0.1, 0.15) is 32.5 Å². The Hall–Kier alpha value is -1.85. The van der Waals surface area contributed by atoms with Gasteiger partial charge in [0.05, 0.1) is 0 Å². The van der Waals surface area contributed by atoms with Crippen molar-refractivity contribution in [3.63, 3.8) is 0 Å². The summed E-state index contributed by atoms with van der Waals surface area (Å²) in [4.78, 5) is 21.2. The molecule has 6 heteroatoms. The van der Waals surface area contributed by atoms with Gasteiger partial charge in [-0.2, -0.15) is 0 Å². The van der Waals surface area contributed by atoms with Crippen molar-refractivity contribution >= 4 is 17.6 Å². The number of carboxylic acids is 1. The number of rotatable bonds is 7. The standard InChI is InChI=1S/C13H22N4O2/c1-9(2)17(4)12-8-11(15-10(3)16-12)14-7-5-6-13(18)19/h8-9H,5-7H2,1-4H3,(H,18,19)(H,14,15,16). The summed E-state index contributed by atoms with van der Waals surface area (Å²) in [6.45, 7) is 6.63. The molecule has 0 saturated heterocycles. The first-order valence-corrected chi connectivity index (χ1v) is 6.44. The second-order valence-electron chi connectivity index (χ2n) is 4.79. The minimum Gasteiger partial charge on any atom is -0.481 e. The van der Waals surface area contributed by atoms with Gasteiger partial charge in [0.1, 0.15) is 17.5 Å². The van der Waals surface area contributed by atoms with Gasteiger partial charge >= 0.3 is 5.97 Å². The fourth-order valence-corrected chi connectivity index (χ4v) is 1.54. The minimum absolute atomic E-state index is 0.163. The molecule has 0 aliphatic heterocycles. The van der Waals surface area contributed by atoms with E-state index in [0.717, 1.165) is 11.6 Å². The summed E-state index contributed by atoms with van der Waals surface area (Å²) in [7, 11) is 1.99. The number of aromatic nitrogens is 2. The van der Waals surface area contributed by atoms with E-state index in [2.05, 4.69) is 34.0 Å². The maximum absolute atomic E-state index is 10.4. The fourth-order valence-electron chi connectivity index (χ4n) is 1.54. The molecule has 19 heavy (non-hydrogen) atoms. The minimum atomic E-state index is -0.777. The Bertz CT molecular complexity index is 435. The van der Waals surface area contributed by atoms with E-state index in [-0.39, 0.29) is 6.42 Å². The van der Waals surface area contributed by atoms with Gasteiger partial charge in [0, 0.05) is 32.1 Å². The van der Waals surface area contributed by atoms with E-state index < -0.39 is 5.97 Å². The zero-order valence-electron chi connectivity index (χ0n) is 12.0. The number of anilines is 2. The Labute approximate surface area is 113 Å². The molecule has 6 nitrogen and oxygen atoms in total. The molecule has 0 saturated carbocycles. The van der Waals surface area contributed by atoms with E-state index in [1.54, 1.807) is 0 Å². The van der Waals surface area contributed by atoms with Gasteiger partial charge in [-0.05, 0) is 27.2 Å². The first-order valence-electron chi connectivity index (χ1n) is 6.44. The van der Waals surface area contributed by atoms with Gasteiger partial charge in [-0.15, -0.1) is 0 Å². The van der Waals surface area contributed by atoms with E-state index in [1.807, 2.05) is 20.0 Å². The van der Waals surface area contributed by atoms with E-state index in [1.165, 1.54) is 0 Å². The van der Waals surface area contributed by atoms with Crippen molar-refractivity contribution in [2.75, 3.05) is 23.8 Å². The summed E-state index contributed by atoms with van der Waals surface area (Å²) >= 11 is 0. The number of hydrogen-bond donors (Lipinski definition) is 2. The zero-order valence-corrected chi connectivity index (χ0v) is 12.0. The molecule has 1 aromatic rings. The number of hydrogen-bond acceptors (Lipinski definition) is 5. The molecule has 1 heterocycles. The molecule has 0 spiro atoms. The Kier molecular flexibility index (Phi) is 5.54. The summed E-state index contributed by atoms with van der Waals surface area (Å²) in [5.74, 6) is 1.52. The number of nitrogens with one attached hydrogen (secondary N) is 1. The molecular weight excluding hydrogens is 244 g/mol. The van der Waals surface area contributed by atoms with Crippen LogP contribution >= 0.6 is 0 Å². The van der Waals surface area contributed by atoms with Crippen LogP contribution in [0.4, 0.5) is 11.6 Å². The van der Waals surface area contributed by atoms with Crippen molar-refractivity contribution in [2.24, 2.45) is 0 Å². The number of carboxylic acid groups (broad SMARTS) is 1. The molecule has 0 aromatic carbocycles. The van der Waals surface area contributed by atoms with Crippen molar-refractivity contribution < 1.29 is 9.90 Å². The van der Waals surface area contributed by atoms with Crippen LogP contribution in [0.25, 0.3) is 0 Å². The Morgan fingerprint density at radius 3 is 2.74 bits per heavy atom. The SMILES string of the molecule is Cc1nc(NCCCC(=O)O)cc(N(C)C(C)C)n1. The fraction of sp³-hybridized carbons (Fsp3) is 0.615. The van der Waals surface area contributed by atoms with Crippen LogP contribution in [-0.2, 0) is 4.79 Å². The van der Waals surface area contributed by atoms with Gasteiger partial charge in [-0.1, -0.05) is 0 Å². The summed E-state index contributed by atoms with van der Waals surface area (Å²) in [5.41, 5.74) is 0. The van der Waals surface area contributed by atoms with Gasteiger partial charge in [0.2, 0.25) is 0 Å². The summed E-state index contributed by atoms with van der Waals surface area (Å²) < 4.78 is 0. The van der Waals surface area contributed by atoms with Crippen molar-refractivity contribution in [2.45, 2.75) is 39.7 Å². The largest absolute Gasteiger partial charge is 0.481 e. The molecule has 2 N–H and O–H groups in total. The number of aryl methyl sites for hydroxylation is 1. The average molecular weight is 266 g/mol. The topological polar surface area (TPSA) is 78.3 Å². The third-order valence-electron chi connectivity index (χ3n) is 2.83. The molecule has 0 atom stereocenters. The third kappa shape index (κ3) is 5.11. The van der Waals surface area contributed by atoms with E-state index in [0.29, 0.717) is 24.8 Å². The van der Waals surface area contributed by atoms with Gasteiger partial charge < -0.3 is 15.3 Å². The quantitative estimate of drug-likeness (QED) is 0.734. The van der Waals surface area contributed by atoms with Crippen molar-refractivity contribution in [3.05, 3.63) is 11.9 Å². The molecule has 0 fully saturated rings. The van der Waals surface area contributed by atoms with Crippen LogP contribution in [-0.4, -0.2) is 40.7 Å². The van der Waals surface area contributed by atoms with Crippen LogP contribution in [0.15, 0.2) is 6.07 Å². The second kappa shape index (κ2) is 6.92. The summed E-state index contributed by atoms with van der Waals surface area (Å²) in [5, 5.41) is 11.7. The molecule has 0 bridgehead atoms. The molecule has 106 valence electrons. The molecule has 1 aromatic heterocycles. The highest BCUT2D eigenvalue weighted by Gasteiger charge is 2.09. The van der Waals surface area contributed by atoms with Crippen LogP contribution < -0.4 is 10.2 Å². The smallest absolute Gasteiger partial charge is 0.303 e. The summed E-state index contributed by atoms with van der Waals surface area (Å²) in [6.07, 6.45) is 0.740. The zero-order chi connectivity index (χ0) is 14.4. The molecule has 0 aliphatic rings. The lowest BCUT2D eigenvalue weighted by Crippen LogP contribution is -2.27. The van der Waals surface area contributed by atoms with Crippen molar-refractivity contribution in [1.82, 2.24) is 9.97 Å². The van der Waals surface area contributed by atoms with Crippen molar-refractivity contribution in [3.8, 4) is 0 Å². The van der Waals surface area contributed by atoms with Crippen LogP contribution in [0.2, 0.25) is 0 Å². The van der Waals surface area contributed by atoms with Gasteiger partial charge in [-0.25, -0.2) is 9.97 Å². The predicted octanol–water partition coefficient (Wildman–Crippen LogP) is 1.91. The second-order valence-corrected chi connectivity index (χ2v) is 4.79. The highest BCUT2D eigenvalue weighted by molar-refractivity contribution is 5.66. The van der Waals surface area contributed by atoms with Gasteiger partial charge in [-0.3, -0.25) is 4.79 Å². The van der Waals surface area contributed by atoms with E-state index >= 15 is 0 Å². The monoisotopic (exact) mass is 266 g/mol. The van der Waals surface area contributed by atoms with E-state index in [4.69, 9.17) is 5.11 Å². The number of carbonyl (C=O) groups is 1.